The van der Waals surface area contributed by atoms with Gasteiger partial charge in [-0.2, -0.15) is 0 Å². The summed E-state index contributed by atoms with van der Waals surface area (Å²) in [4.78, 5) is 14.0. The number of nitrogens with one attached hydrogen (secondary N) is 1. The Morgan fingerprint density at radius 1 is 1.50 bits per heavy atom. The molecule has 16 heavy (non-hydrogen) atoms. The van der Waals surface area contributed by atoms with E-state index in [2.05, 4.69) is 18.2 Å². The molecule has 1 N–H and O–H groups in total. The summed E-state index contributed by atoms with van der Waals surface area (Å²) in [6, 6.07) is 0.433. The first-order chi connectivity index (χ1) is 7.79. The van der Waals surface area contributed by atoms with Gasteiger partial charge in [0.05, 0.1) is 13.1 Å². The summed E-state index contributed by atoms with van der Waals surface area (Å²) in [6.07, 6.45) is 11.0. The fourth-order valence-electron chi connectivity index (χ4n) is 2.27. The predicted molar refractivity (Wildman–Crippen MR) is 66.0 cm³/mol. The molecular weight excluding hydrogens is 200 g/mol. The van der Waals surface area contributed by atoms with Crippen LogP contribution in [0.1, 0.15) is 39.0 Å². The Bertz CT molecular complexity index is 257. The fraction of sp³-hybridized carbons (Fsp3) is 0.769. The molecule has 1 heterocycles. The first-order valence-electron chi connectivity index (χ1n) is 6.23. The van der Waals surface area contributed by atoms with Crippen molar-refractivity contribution in [1.29, 1.82) is 0 Å². The molecule has 0 aliphatic carbocycles. The summed E-state index contributed by atoms with van der Waals surface area (Å²) >= 11 is 0. The van der Waals surface area contributed by atoms with E-state index in [0.717, 1.165) is 25.8 Å². The van der Waals surface area contributed by atoms with Crippen molar-refractivity contribution in [3.63, 3.8) is 0 Å². The SMILES string of the molecule is C#CCNCC(=O)N1CCCCCC1CC. The maximum atomic E-state index is 12.0. The smallest absolute Gasteiger partial charge is 0.236 e. The highest BCUT2D eigenvalue weighted by molar-refractivity contribution is 5.78. The third-order valence-corrected chi connectivity index (χ3v) is 3.17. The van der Waals surface area contributed by atoms with Crippen molar-refractivity contribution < 1.29 is 4.79 Å². The summed E-state index contributed by atoms with van der Waals surface area (Å²) in [5.41, 5.74) is 0. The molecule has 0 radical (unpaired) electrons. The van der Waals surface area contributed by atoms with Crippen molar-refractivity contribution in [2.24, 2.45) is 0 Å². The quantitative estimate of drug-likeness (QED) is 0.576. The van der Waals surface area contributed by atoms with E-state index in [0.29, 0.717) is 19.1 Å². The highest BCUT2D eigenvalue weighted by Crippen LogP contribution is 2.18. The first-order valence-corrected chi connectivity index (χ1v) is 6.23. The number of carbonyl (C=O) groups excluding carboxylic acids is 1. The number of terminal acetylenes is 1. The van der Waals surface area contributed by atoms with Crippen LogP contribution in [0.25, 0.3) is 0 Å². The molecule has 1 fully saturated rings. The molecular formula is C13H22N2O. The van der Waals surface area contributed by atoms with Gasteiger partial charge < -0.3 is 4.90 Å². The van der Waals surface area contributed by atoms with Crippen molar-refractivity contribution in [3.8, 4) is 12.3 Å². The second-order valence-corrected chi connectivity index (χ2v) is 4.31. The van der Waals surface area contributed by atoms with Crippen LogP contribution in [0.3, 0.4) is 0 Å². The third kappa shape index (κ3) is 3.86. The summed E-state index contributed by atoms with van der Waals surface area (Å²) in [5.74, 6) is 2.68. The molecule has 1 amide bonds. The molecule has 1 atom stereocenters. The summed E-state index contributed by atoms with van der Waals surface area (Å²) in [5, 5.41) is 2.97. The van der Waals surface area contributed by atoms with Crippen LogP contribution >= 0.6 is 0 Å². The van der Waals surface area contributed by atoms with Crippen LogP contribution < -0.4 is 5.32 Å². The van der Waals surface area contributed by atoms with Crippen molar-refractivity contribution in [3.05, 3.63) is 0 Å². The molecule has 0 aromatic heterocycles. The van der Waals surface area contributed by atoms with Crippen molar-refractivity contribution in [1.82, 2.24) is 10.2 Å². The maximum Gasteiger partial charge on any atom is 0.236 e. The Morgan fingerprint density at radius 3 is 3.00 bits per heavy atom. The molecule has 0 aromatic carbocycles. The third-order valence-electron chi connectivity index (χ3n) is 3.17. The van der Waals surface area contributed by atoms with Gasteiger partial charge in [-0.1, -0.05) is 25.7 Å². The lowest BCUT2D eigenvalue weighted by molar-refractivity contribution is -0.132. The van der Waals surface area contributed by atoms with Crippen LogP contribution in [-0.2, 0) is 4.79 Å². The zero-order valence-corrected chi connectivity index (χ0v) is 10.2. The van der Waals surface area contributed by atoms with Crippen molar-refractivity contribution in [2.75, 3.05) is 19.6 Å². The van der Waals surface area contributed by atoms with Crippen LogP contribution in [0.4, 0.5) is 0 Å². The molecule has 0 bridgehead atoms. The first kappa shape index (κ1) is 13.1. The van der Waals surface area contributed by atoms with E-state index in [4.69, 9.17) is 6.42 Å². The van der Waals surface area contributed by atoms with Crippen LogP contribution in [-0.4, -0.2) is 36.5 Å². The molecule has 0 saturated carbocycles. The number of rotatable bonds is 4. The minimum Gasteiger partial charge on any atom is -0.339 e. The average Bonchev–Trinajstić information content (AvgIpc) is 2.54. The average molecular weight is 222 g/mol. The van der Waals surface area contributed by atoms with E-state index >= 15 is 0 Å². The van der Waals surface area contributed by atoms with Crippen molar-refractivity contribution >= 4 is 5.91 Å². The second kappa shape index (κ2) is 7.29. The fourth-order valence-corrected chi connectivity index (χ4v) is 2.27. The molecule has 3 heteroatoms. The number of carbonyl (C=O) groups is 1. The van der Waals surface area contributed by atoms with Gasteiger partial charge in [-0.15, -0.1) is 6.42 Å². The second-order valence-electron chi connectivity index (χ2n) is 4.31. The van der Waals surface area contributed by atoms with Crippen LogP contribution in [0.15, 0.2) is 0 Å². The number of amides is 1. The largest absolute Gasteiger partial charge is 0.339 e. The highest BCUT2D eigenvalue weighted by atomic mass is 16.2. The van der Waals surface area contributed by atoms with Crippen LogP contribution in [0.5, 0.6) is 0 Å². The van der Waals surface area contributed by atoms with Gasteiger partial charge in [-0.3, -0.25) is 10.1 Å². The van der Waals surface area contributed by atoms with Gasteiger partial charge in [-0.05, 0) is 19.3 Å². The van der Waals surface area contributed by atoms with Gasteiger partial charge in [-0.25, -0.2) is 0 Å². The van der Waals surface area contributed by atoms with Gasteiger partial charge in [0.1, 0.15) is 0 Å². The van der Waals surface area contributed by atoms with Gasteiger partial charge >= 0.3 is 0 Å². The molecule has 1 aliphatic rings. The Hall–Kier alpha value is -1.01. The monoisotopic (exact) mass is 222 g/mol. The number of hydrogen-bond donors (Lipinski definition) is 1. The molecule has 0 aromatic rings. The zero-order chi connectivity index (χ0) is 11.8. The normalized spacial score (nSPS) is 21.2. The number of nitrogens with zero attached hydrogens (tertiary/aromatic N) is 1. The summed E-state index contributed by atoms with van der Waals surface area (Å²) in [6.45, 7) is 3.91. The summed E-state index contributed by atoms with van der Waals surface area (Å²) < 4.78 is 0. The molecule has 0 spiro atoms. The van der Waals surface area contributed by atoms with E-state index in [1.165, 1.54) is 12.8 Å². The highest BCUT2D eigenvalue weighted by Gasteiger charge is 2.23. The Morgan fingerprint density at radius 2 is 2.31 bits per heavy atom. The minimum absolute atomic E-state index is 0.198. The molecule has 90 valence electrons. The Labute approximate surface area is 98.6 Å². The van der Waals surface area contributed by atoms with Gasteiger partial charge in [0.25, 0.3) is 0 Å². The lowest BCUT2D eigenvalue weighted by Crippen LogP contribution is -2.44. The molecule has 1 rings (SSSR count). The van der Waals surface area contributed by atoms with E-state index in [9.17, 15) is 4.79 Å². The standard InChI is InChI=1S/C13H22N2O/c1-3-9-14-11-13(16)15-10-7-5-6-8-12(15)4-2/h1,12,14H,4-11H2,2H3. The van der Waals surface area contributed by atoms with Crippen molar-refractivity contribution in [2.45, 2.75) is 45.1 Å². The summed E-state index contributed by atoms with van der Waals surface area (Å²) in [7, 11) is 0. The molecule has 3 nitrogen and oxygen atoms in total. The molecule has 1 saturated heterocycles. The molecule has 1 aliphatic heterocycles. The van der Waals surface area contributed by atoms with E-state index in [1.54, 1.807) is 0 Å². The number of likely N-dealkylation sites (tertiary alicyclic amines) is 1. The minimum atomic E-state index is 0.198. The zero-order valence-electron chi connectivity index (χ0n) is 10.2. The Kier molecular flexibility index (Phi) is 5.95. The van der Waals surface area contributed by atoms with E-state index in [1.807, 2.05) is 4.90 Å². The maximum absolute atomic E-state index is 12.0. The lowest BCUT2D eigenvalue weighted by Gasteiger charge is -2.29. The van der Waals surface area contributed by atoms with Crippen LogP contribution in [0, 0.1) is 12.3 Å². The number of hydrogen-bond acceptors (Lipinski definition) is 2. The van der Waals surface area contributed by atoms with E-state index < -0.39 is 0 Å². The van der Waals surface area contributed by atoms with Gasteiger partial charge in [0, 0.05) is 12.6 Å². The Balaban J connectivity index is 2.46. The van der Waals surface area contributed by atoms with Gasteiger partial charge in [0.2, 0.25) is 5.91 Å². The predicted octanol–water partition coefficient (Wildman–Crippen LogP) is 1.39. The molecule has 1 unspecified atom stereocenters. The van der Waals surface area contributed by atoms with Gasteiger partial charge in [0.15, 0.2) is 0 Å². The van der Waals surface area contributed by atoms with E-state index in [-0.39, 0.29) is 5.91 Å². The van der Waals surface area contributed by atoms with Crippen LogP contribution in [0.2, 0.25) is 0 Å². The topological polar surface area (TPSA) is 32.3 Å². The lowest BCUT2D eigenvalue weighted by atomic mass is 10.1.